The minimum atomic E-state index is -0.307. The predicted molar refractivity (Wildman–Crippen MR) is 119 cm³/mol. The van der Waals surface area contributed by atoms with E-state index in [2.05, 4.69) is 9.88 Å². The number of amides is 1. The number of aromatic nitrogens is 2. The number of ether oxygens (including phenoxy) is 1. The molecule has 4 rings (SSSR count). The molecule has 0 aliphatic heterocycles. The van der Waals surface area contributed by atoms with Gasteiger partial charge in [0.2, 0.25) is 0 Å². The Balaban J connectivity index is 1.67. The lowest BCUT2D eigenvalue weighted by molar-refractivity contribution is 0.0937. The lowest BCUT2D eigenvalue weighted by Gasteiger charge is -2.17. The summed E-state index contributed by atoms with van der Waals surface area (Å²) in [5.74, 6) is 1.23. The number of carbonyl (C=O) groups is 1. The van der Waals surface area contributed by atoms with Crippen LogP contribution in [0.5, 0.6) is 5.75 Å². The largest absolute Gasteiger partial charge is 0.497 e. The molecule has 1 atom stereocenters. The SMILES string of the molecule is COc1cccc(C(=O)NC(C)c2nc3ccccc3n2Cc2ccccc2Cl)c1. The Hall–Kier alpha value is -3.31. The Bertz CT molecular complexity index is 1200. The molecule has 4 aromatic rings. The van der Waals surface area contributed by atoms with Crippen LogP contribution in [-0.2, 0) is 6.54 Å². The summed E-state index contributed by atoms with van der Waals surface area (Å²) >= 11 is 6.40. The summed E-state index contributed by atoms with van der Waals surface area (Å²) in [6, 6.07) is 22.5. The molecule has 30 heavy (non-hydrogen) atoms. The molecular weight excluding hydrogens is 398 g/mol. The molecular formula is C24H22ClN3O2. The van der Waals surface area contributed by atoms with Gasteiger partial charge in [0, 0.05) is 10.6 Å². The molecule has 0 bridgehead atoms. The first kappa shape index (κ1) is 20.0. The summed E-state index contributed by atoms with van der Waals surface area (Å²) in [6.07, 6.45) is 0. The van der Waals surface area contributed by atoms with Crippen LogP contribution in [0.4, 0.5) is 0 Å². The molecule has 152 valence electrons. The van der Waals surface area contributed by atoms with Crippen LogP contribution in [0.2, 0.25) is 5.02 Å². The van der Waals surface area contributed by atoms with Crippen LogP contribution in [0.1, 0.15) is 34.7 Å². The number of rotatable bonds is 6. The molecule has 0 radical (unpaired) electrons. The third-order valence-electron chi connectivity index (χ3n) is 5.04. The zero-order valence-corrected chi connectivity index (χ0v) is 17.6. The first-order valence-corrected chi connectivity index (χ1v) is 10.1. The van der Waals surface area contributed by atoms with Crippen molar-refractivity contribution in [2.24, 2.45) is 0 Å². The molecule has 1 aromatic heterocycles. The number of nitrogens with one attached hydrogen (secondary N) is 1. The van der Waals surface area contributed by atoms with Gasteiger partial charge in [-0.25, -0.2) is 4.98 Å². The Labute approximate surface area is 180 Å². The highest BCUT2D eigenvalue weighted by molar-refractivity contribution is 6.31. The molecule has 1 amide bonds. The molecule has 0 fully saturated rings. The van der Waals surface area contributed by atoms with Gasteiger partial charge in [-0.1, -0.05) is 48.0 Å². The van der Waals surface area contributed by atoms with Crippen LogP contribution in [0, 0.1) is 0 Å². The summed E-state index contributed by atoms with van der Waals surface area (Å²) in [5, 5.41) is 3.76. The summed E-state index contributed by atoms with van der Waals surface area (Å²) < 4.78 is 7.33. The third-order valence-corrected chi connectivity index (χ3v) is 5.41. The highest BCUT2D eigenvalue weighted by Crippen LogP contribution is 2.25. The van der Waals surface area contributed by atoms with Gasteiger partial charge in [-0.05, 0) is 48.9 Å². The van der Waals surface area contributed by atoms with Crippen LogP contribution in [0.3, 0.4) is 0 Å². The van der Waals surface area contributed by atoms with Crippen LogP contribution in [0.15, 0.2) is 72.8 Å². The van der Waals surface area contributed by atoms with Crippen LogP contribution in [0.25, 0.3) is 11.0 Å². The van der Waals surface area contributed by atoms with Crippen molar-refractivity contribution in [2.75, 3.05) is 7.11 Å². The molecule has 5 nitrogen and oxygen atoms in total. The Morgan fingerprint density at radius 3 is 2.67 bits per heavy atom. The maximum Gasteiger partial charge on any atom is 0.251 e. The number of hydrogen-bond acceptors (Lipinski definition) is 3. The van der Waals surface area contributed by atoms with E-state index in [1.54, 1.807) is 25.3 Å². The number of carbonyl (C=O) groups excluding carboxylic acids is 1. The third kappa shape index (κ3) is 4.02. The van der Waals surface area contributed by atoms with E-state index in [1.165, 1.54) is 0 Å². The van der Waals surface area contributed by atoms with Crippen LogP contribution >= 0.6 is 11.6 Å². The van der Waals surface area contributed by atoms with Gasteiger partial charge in [-0.3, -0.25) is 4.79 Å². The maximum atomic E-state index is 12.8. The summed E-state index contributed by atoms with van der Waals surface area (Å²) in [7, 11) is 1.58. The smallest absolute Gasteiger partial charge is 0.251 e. The molecule has 1 N–H and O–H groups in total. The van der Waals surface area contributed by atoms with Crippen molar-refractivity contribution in [3.63, 3.8) is 0 Å². The average Bonchev–Trinajstić information content (AvgIpc) is 3.14. The van der Waals surface area contributed by atoms with E-state index in [9.17, 15) is 4.79 Å². The molecule has 0 saturated carbocycles. The molecule has 6 heteroatoms. The Morgan fingerprint density at radius 1 is 1.10 bits per heavy atom. The first-order valence-electron chi connectivity index (χ1n) is 9.70. The van der Waals surface area contributed by atoms with E-state index in [0.717, 1.165) is 22.4 Å². The molecule has 3 aromatic carbocycles. The van der Waals surface area contributed by atoms with Crippen molar-refractivity contribution >= 4 is 28.5 Å². The van der Waals surface area contributed by atoms with Crippen molar-refractivity contribution in [2.45, 2.75) is 19.5 Å². The van der Waals surface area contributed by atoms with E-state index in [-0.39, 0.29) is 11.9 Å². The standard InChI is InChI=1S/C24H22ClN3O2/c1-16(26-24(29)17-9-7-10-19(14-17)30-2)23-27-21-12-5-6-13-22(21)28(23)15-18-8-3-4-11-20(18)25/h3-14,16H,15H2,1-2H3,(H,26,29). The van der Waals surface area contributed by atoms with E-state index >= 15 is 0 Å². The maximum absolute atomic E-state index is 12.8. The molecule has 0 spiro atoms. The quantitative estimate of drug-likeness (QED) is 0.465. The molecule has 0 aliphatic rings. The number of methoxy groups -OCH3 is 1. The number of benzene rings is 3. The molecule has 0 aliphatic carbocycles. The van der Waals surface area contributed by atoms with Gasteiger partial charge in [-0.15, -0.1) is 0 Å². The Morgan fingerprint density at radius 2 is 1.87 bits per heavy atom. The van der Waals surface area contributed by atoms with Crippen molar-refractivity contribution in [3.8, 4) is 5.75 Å². The van der Waals surface area contributed by atoms with Crippen LogP contribution in [-0.4, -0.2) is 22.6 Å². The summed E-state index contributed by atoms with van der Waals surface area (Å²) in [6.45, 7) is 2.50. The fourth-order valence-corrected chi connectivity index (χ4v) is 3.69. The second-order valence-electron chi connectivity index (χ2n) is 7.06. The van der Waals surface area contributed by atoms with Gasteiger partial charge < -0.3 is 14.6 Å². The summed E-state index contributed by atoms with van der Waals surface area (Å²) in [5.41, 5.74) is 3.40. The highest BCUT2D eigenvalue weighted by Gasteiger charge is 2.20. The van der Waals surface area contributed by atoms with Crippen molar-refractivity contribution in [1.29, 1.82) is 0 Å². The zero-order chi connectivity index (χ0) is 21.1. The van der Waals surface area contributed by atoms with Crippen molar-refractivity contribution in [3.05, 3.63) is 94.8 Å². The Kier molecular flexibility index (Phi) is 5.72. The van der Waals surface area contributed by atoms with Gasteiger partial charge in [0.1, 0.15) is 11.6 Å². The van der Waals surface area contributed by atoms with Crippen LogP contribution < -0.4 is 10.1 Å². The van der Waals surface area contributed by atoms with E-state index in [0.29, 0.717) is 22.9 Å². The summed E-state index contributed by atoms with van der Waals surface area (Å²) in [4.78, 5) is 17.6. The second kappa shape index (κ2) is 8.59. The number of nitrogens with zero attached hydrogens (tertiary/aromatic N) is 2. The number of imidazole rings is 1. The van der Waals surface area contributed by atoms with Gasteiger partial charge >= 0.3 is 0 Å². The number of hydrogen-bond donors (Lipinski definition) is 1. The van der Waals surface area contributed by atoms with Gasteiger partial charge in [0.05, 0.1) is 30.7 Å². The fourth-order valence-electron chi connectivity index (χ4n) is 3.50. The molecule has 1 heterocycles. The highest BCUT2D eigenvalue weighted by atomic mass is 35.5. The van der Waals surface area contributed by atoms with Crippen molar-refractivity contribution in [1.82, 2.24) is 14.9 Å². The number of halogens is 1. The minimum Gasteiger partial charge on any atom is -0.497 e. The van der Waals surface area contributed by atoms with Gasteiger partial charge in [-0.2, -0.15) is 0 Å². The second-order valence-corrected chi connectivity index (χ2v) is 7.47. The van der Waals surface area contributed by atoms with Crippen molar-refractivity contribution < 1.29 is 9.53 Å². The van der Waals surface area contributed by atoms with Gasteiger partial charge in [0.15, 0.2) is 0 Å². The lowest BCUT2D eigenvalue weighted by atomic mass is 10.1. The predicted octanol–water partition coefficient (Wildman–Crippen LogP) is 5.24. The minimum absolute atomic E-state index is 0.183. The van der Waals surface area contributed by atoms with E-state index in [1.807, 2.05) is 61.5 Å². The molecule has 1 unspecified atom stereocenters. The zero-order valence-electron chi connectivity index (χ0n) is 16.8. The number of para-hydroxylation sites is 2. The monoisotopic (exact) mass is 419 g/mol. The molecule has 0 saturated heterocycles. The van der Waals surface area contributed by atoms with E-state index < -0.39 is 0 Å². The van der Waals surface area contributed by atoms with Gasteiger partial charge in [0.25, 0.3) is 5.91 Å². The lowest BCUT2D eigenvalue weighted by Crippen LogP contribution is -2.28. The topological polar surface area (TPSA) is 56.1 Å². The number of fused-ring (bicyclic) bond motifs is 1. The average molecular weight is 420 g/mol. The fraction of sp³-hybridized carbons (Fsp3) is 0.167. The normalized spacial score (nSPS) is 12.0. The first-order chi connectivity index (χ1) is 14.6. The van der Waals surface area contributed by atoms with E-state index in [4.69, 9.17) is 21.3 Å².